The summed E-state index contributed by atoms with van der Waals surface area (Å²) in [5, 5.41) is 0.769. The highest BCUT2D eigenvalue weighted by molar-refractivity contribution is 7.98. The zero-order valence-electron chi connectivity index (χ0n) is 12.5. The number of amides is 1. The van der Waals surface area contributed by atoms with Crippen molar-refractivity contribution < 1.29 is 4.79 Å². The molecule has 0 fully saturated rings. The van der Waals surface area contributed by atoms with E-state index in [0.29, 0.717) is 4.88 Å². The summed E-state index contributed by atoms with van der Waals surface area (Å²) in [4.78, 5) is 22.2. The van der Waals surface area contributed by atoms with E-state index in [1.54, 1.807) is 11.8 Å². The summed E-state index contributed by atoms with van der Waals surface area (Å²) < 4.78 is 0. The number of thioether (sulfide) groups is 1. The molecule has 7 heteroatoms. The number of thiophene rings is 1. The molecule has 0 saturated carbocycles. The van der Waals surface area contributed by atoms with Crippen LogP contribution in [-0.4, -0.2) is 15.9 Å². The lowest BCUT2D eigenvalue weighted by Crippen LogP contribution is -2.29. The quantitative estimate of drug-likeness (QED) is 0.297. The zero-order chi connectivity index (χ0) is 15.6. The van der Waals surface area contributed by atoms with E-state index in [1.165, 1.54) is 11.3 Å². The molecule has 0 bridgehead atoms. The van der Waals surface area contributed by atoms with Gasteiger partial charge >= 0.3 is 0 Å². The van der Waals surface area contributed by atoms with Gasteiger partial charge in [-0.25, -0.2) is 15.8 Å². The predicted octanol–water partition coefficient (Wildman–Crippen LogP) is 2.67. The van der Waals surface area contributed by atoms with Crippen molar-refractivity contribution in [3.05, 3.63) is 38.3 Å². The van der Waals surface area contributed by atoms with Gasteiger partial charge in [-0.05, 0) is 44.9 Å². The molecule has 0 aliphatic heterocycles. The minimum Gasteiger partial charge on any atom is -0.289 e. The standard InChI is InChI=1S/C14H18N4OS2/c1-7-8(2)16-14(17-9(7)3)20-6-11-5-12(13(19)18-15)21-10(11)4/h5H,6,15H2,1-4H3,(H,18,19). The fourth-order valence-corrected chi connectivity index (χ4v) is 3.82. The predicted molar refractivity (Wildman–Crippen MR) is 86.5 cm³/mol. The molecule has 0 aromatic carbocycles. The van der Waals surface area contributed by atoms with E-state index in [1.807, 2.05) is 33.8 Å². The topological polar surface area (TPSA) is 80.9 Å². The Hall–Kier alpha value is -1.44. The molecule has 2 aromatic heterocycles. The van der Waals surface area contributed by atoms with Crippen molar-refractivity contribution in [2.45, 2.75) is 38.6 Å². The fourth-order valence-electron chi connectivity index (χ4n) is 1.79. The van der Waals surface area contributed by atoms with Crippen LogP contribution in [0.1, 0.15) is 37.1 Å². The molecule has 5 nitrogen and oxygen atoms in total. The maximum absolute atomic E-state index is 11.5. The Morgan fingerprint density at radius 2 is 1.90 bits per heavy atom. The van der Waals surface area contributed by atoms with Crippen molar-refractivity contribution in [1.82, 2.24) is 15.4 Å². The van der Waals surface area contributed by atoms with Crippen LogP contribution in [0.3, 0.4) is 0 Å². The van der Waals surface area contributed by atoms with Crippen LogP contribution in [-0.2, 0) is 5.75 Å². The molecule has 1 amide bonds. The Morgan fingerprint density at radius 3 is 2.48 bits per heavy atom. The summed E-state index contributed by atoms with van der Waals surface area (Å²) in [7, 11) is 0. The maximum Gasteiger partial charge on any atom is 0.275 e. The Morgan fingerprint density at radius 1 is 1.29 bits per heavy atom. The van der Waals surface area contributed by atoms with E-state index in [-0.39, 0.29) is 5.91 Å². The lowest BCUT2D eigenvalue weighted by atomic mass is 10.2. The summed E-state index contributed by atoms with van der Waals surface area (Å²) >= 11 is 3.02. The summed E-state index contributed by atoms with van der Waals surface area (Å²) in [6.45, 7) is 8.02. The second-order valence-corrected chi connectivity index (χ2v) is 6.96. The second-order valence-electron chi connectivity index (χ2n) is 4.76. The molecule has 112 valence electrons. The minimum absolute atomic E-state index is 0.252. The van der Waals surface area contributed by atoms with Gasteiger partial charge in [0.2, 0.25) is 0 Å². The molecule has 0 radical (unpaired) electrons. The smallest absolute Gasteiger partial charge is 0.275 e. The van der Waals surface area contributed by atoms with E-state index >= 15 is 0 Å². The van der Waals surface area contributed by atoms with Gasteiger partial charge in [-0.1, -0.05) is 11.8 Å². The van der Waals surface area contributed by atoms with E-state index in [0.717, 1.165) is 38.3 Å². The summed E-state index contributed by atoms with van der Waals surface area (Å²) in [6.07, 6.45) is 0. The number of nitrogens with zero attached hydrogens (tertiary/aromatic N) is 2. The lowest BCUT2D eigenvalue weighted by Gasteiger charge is -2.06. The molecule has 0 spiro atoms. The van der Waals surface area contributed by atoms with Gasteiger partial charge in [-0.3, -0.25) is 10.2 Å². The molecule has 2 heterocycles. The van der Waals surface area contributed by atoms with Gasteiger partial charge < -0.3 is 0 Å². The summed E-state index contributed by atoms with van der Waals surface area (Å²) in [5.41, 5.74) is 6.42. The molecule has 3 N–H and O–H groups in total. The van der Waals surface area contributed by atoms with E-state index in [4.69, 9.17) is 5.84 Å². The molecular formula is C14H18N4OS2. The van der Waals surface area contributed by atoms with Crippen LogP contribution in [0.2, 0.25) is 0 Å². The highest BCUT2D eigenvalue weighted by Gasteiger charge is 2.12. The number of aryl methyl sites for hydroxylation is 3. The number of rotatable bonds is 4. The number of hydrazine groups is 1. The largest absolute Gasteiger partial charge is 0.289 e. The van der Waals surface area contributed by atoms with Crippen molar-refractivity contribution in [1.29, 1.82) is 0 Å². The van der Waals surface area contributed by atoms with Crippen LogP contribution in [0, 0.1) is 27.7 Å². The number of aromatic nitrogens is 2. The number of nitrogens with two attached hydrogens (primary N) is 1. The number of nitrogen functional groups attached to an aromatic ring is 1. The minimum atomic E-state index is -0.252. The first kappa shape index (κ1) is 15.9. The van der Waals surface area contributed by atoms with Gasteiger partial charge in [0.05, 0.1) is 4.88 Å². The van der Waals surface area contributed by atoms with Gasteiger partial charge in [0.25, 0.3) is 5.91 Å². The molecule has 0 saturated heterocycles. The third-order valence-electron chi connectivity index (χ3n) is 3.34. The Labute approximate surface area is 132 Å². The molecule has 0 atom stereocenters. The van der Waals surface area contributed by atoms with Crippen LogP contribution in [0.5, 0.6) is 0 Å². The third-order valence-corrected chi connectivity index (χ3v) is 5.33. The van der Waals surface area contributed by atoms with Crippen LogP contribution in [0.25, 0.3) is 0 Å². The number of hydrogen-bond donors (Lipinski definition) is 2. The second kappa shape index (κ2) is 6.55. The average molecular weight is 322 g/mol. The number of carbonyl (C=O) groups is 1. The lowest BCUT2D eigenvalue weighted by molar-refractivity contribution is 0.0957. The fraction of sp³-hybridized carbons (Fsp3) is 0.357. The molecule has 2 aromatic rings. The molecule has 21 heavy (non-hydrogen) atoms. The maximum atomic E-state index is 11.5. The van der Waals surface area contributed by atoms with Gasteiger partial charge in [-0.2, -0.15) is 0 Å². The third kappa shape index (κ3) is 3.61. The van der Waals surface area contributed by atoms with Crippen LogP contribution in [0.4, 0.5) is 0 Å². The summed E-state index contributed by atoms with van der Waals surface area (Å²) in [6, 6.07) is 1.88. The van der Waals surface area contributed by atoms with Crippen molar-refractivity contribution in [2.24, 2.45) is 5.84 Å². The number of nitrogens with one attached hydrogen (secondary N) is 1. The zero-order valence-corrected chi connectivity index (χ0v) is 14.1. The van der Waals surface area contributed by atoms with Gasteiger partial charge in [0.1, 0.15) is 0 Å². The van der Waals surface area contributed by atoms with Crippen molar-refractivity contribution in [3.8, 4) is 0 Å². The molecule has 0 aliphatic carbocycles. The van der Waals surface area contributed by atoms with Crippen LogP contribution in [0.15, 0.2) is 11.2 Å². The van der Waals surface area contributed by atoms with Gasteiger partial charge in [0.15, 0.2) is 5.16 Å². The molecule has 0 aliphatic rings. The first-order chi connectivity index (χ1) is 9.92. The molecule has 2 rings (SSSR count). The van der Waals surface area contributed by atoms with Gasteiger partial charge in [0, 0.05) is 22.0 Å². The van der Waals surface area contributed by atoms with Crippen molar-refractivity contribution >= 4 is 29.0 Å². The first-order valence-corrected chi connectivity index (χ1v) is 8.27. The van der Waals surface area contributed by atoms with Gasteiger partial charge in [-0.15, -0.1) is 11.3 Å². The first-order valence-electron chi connectivity index (χ1n) is 6.47. The highest BCUT2D eigenvalue weighted by Crippen LogP contribution is 2.28. The Balaban J connectivity index is 2.13. The average Bonchev–Trinajstić information content (AvgIpc) is 2.82. The Kier molecular flexibility index (Phi) is 4.97. The van der Waals surface area contributed by atoms with Crippen molar-refractivity contribution in [3.63, 3.8) is 0 Å². The highest BCUT2D eigenvalue weighted by atomic mass is 32.2. The van der Waals surface area contributed by atoms with Crippen LogP contribution < -0.4 is 11.3 Å². The van der Waals surface area contributed by atoms with E-state index in [2.05, 4.69) is 15.4 Å². The monoisotopic (exact) mass is 322 g/mol. The molecular weight excluding hydrogens is 304 g/mol. The SMILES string of the molecule is Cc1nc(SCc2cc(C(=O)NN)sc2C)nc(C)c1C. The Bertz CT molecular complexity index is 659. The number of hydrogen-bond acceptors (Lipinski definition) is 6. The van der Waals surface area contributed by atoms with Crippen molar-refractivity contribution in [2.75, 3.05) is 0 Å². The van der Waals surface area contributed by atoms with E-state index < -0.39 is 0 Å². The molecule has 0 unspecified atom stereocenters. The number of carbonyl (C=O) groups excluding carboxylic acids is 1. The van der Waals surface area contributed by atoms with E-state index in [9.17, 15) is 4.79 Å². The summed E-state index contributed by atoms with van der Waals surface area (Å²) in [5.74, 6) is 5.64. The van der Waals surface area contributed by atoms with Crippen LogP contribution >= 0.6 is 23.1 Å². The normalized spacial score (nSPS) is 10.7.